The fourth-order valence-corrected chi connectivity index (χ4v) is 49.8. The molecule has 0 fully saturated rings. The van der Waals surface area contributed by atoms with Gasteiger partial charge in [-0.15, -0.1) is 0 Å². The van der Waals surface area contributed by atoms with Crippen LogP contribution >= 0.6 is 0 Å². The van der Waals surface area contributed by atoms with E-state index in [9.17, 15) is 0 Å². The quantitative estimate of drug-likeness (QED) is 0.171. The molecule has 0 radical (unpaired) electrons. The molecule has 0 saturated carbocycles. The second-order valence-electron chi connectivity index (χ2n) is 12.8. The Bertz CT molecular complexity index is 1420. The molecule has 0 aliphatic heterocycles. The molecule has 0 amide bonds. The van der Waals surface area contributed by atoms with E-state index < -0.39 is 23.7 Å². The standard InChI is InChI=1S/2C16H13.C2H7Si.2CH3.Hf/c2*1-2-6-13(7-3-1)10-14-11-15-8-4-5-9-16(15)12-14;1-3-2;;;/h2*1-9,11-12H,10H2;3H,1-2H3;2*1H3;. The van der Waals surface area contributed by atoms with Crippen molar-refractivity contribution in [2.24, 2.45) is 0 Å². The molecule has 2 atom stereocenters. The van der Waals surface area contributed by atoms with Crippen molar-refractivity contribution >= 4 is 18.1 Å². The summed E-state index contributed by atoms with van der Waals surface area (Å²) < 4.78 is 6.94. The van der Waals surface area contributed by atoms with Gasteiger partial charge in [-0.05, 0) is 0 Å². The van der Waals surface area contributed by atoms with E-state index >= 15 is 0 Å². The molecule has 6 rings (SSSR count). The Morgan fingerprint density at radius 2 is 0.895 bits per heavy atom. The van der Waals surface area contributed by atoms with Crippen LogP contribution < -0.4 is 0 Å². The molecule has 0 spiro atoms. The molecule has 2 aliphatic rings. The Kier molecular flexibility index (Phi) is 6.69. The Hall–Kier alpha value is -2.55. The molecule has 0 aromatic heterocycles. The summed E-state index contributed by atoms with van der Waals surface area (Å²) in [6, 6.07) is 41.0. The van der Waals surface area contributed by atoms with Crippen molar-refractivity contribution in [3.05, 3.63) is 154 Å². The maximum atomic E-state index is 2.88. The van der Waals surface area contributed by atoms with Crippen LogP contribution in [-0.4, -0.2) is 5.98 Å². The minimum absolute atomic E-state index is 0.588. The third kappa shape index (κ3) is 4.21. The van der Waals surface area contributed by atoms with E-state index in [0.29, 0.717) is 7.35 Å². The monoisotopic (exact) mass is 679 g/mol. The molecule has 0 heterocycles. The van der Waals surface area contributed by atoms with Crippen molar-refractivity contribution in [1.29, 1.82) is 0 Å². The summed E-state index contributed by atoms with van der Waals surface area (Å²) in [6.45, 7) is 5.38. The molecule has 191 valence electrons. The number of benzene rings is 4. The van der Waals surface area contributed by atoms with Gasteiger partial charge in [0.1, 0.15) is 0 Å². The Balaban J connectivity index is 1.55. The predicted molar refractivity (Wildman–Crippen MR) is 165 cm³/mol. The van der Waals surface area contributed by atoms with Gasteiger partial charge in [-0.3, -0.25) is 0 Å². The van der Waals surface area contributed by atoms with Gasteiger partial charge in [0.15, 0.2) is 0 Å². The van der Waals surface area contributed by atoms with Crippen molar-refractivity contribution in [2.75, 3.05) is 0 Å². The first-order valence-electron chi connectivity index (χ1n) is 14.2. The normalized spacial score (nSPS) is 19.3. The van der Waals surface area contributed by atoms with Crippen molar-refractivity contribution in [3.8, 4) is 0 Å². The number of fused-ring (bicyclic) bond motifs is 2. The van der Waals surface area contributed by atoms with Gasteiger partial charge < -0.3 is 0 Å². The van der Waals surface area contributed by atoms with Crippen molar-refractivity contribution in [3.63, 3.8) is 0 Å². The second-order valence-corrected chi connectivity index (χ2v) is 66.2. The van der Waals surface area contributed by atoms with Crippen LogP contribution in [0.1, 0.15) is 40.7 Å². The van der Waals surface area contributed by atoms with Crippen LogP contribution in [0, 0.1) is 0 Å². The molecule has 2 unspecified atom stereocenters. The van der Waals surface area contributed by atoms with E-state index in [2.05, 4.69) is 144 Å². The summed E-state index contributed by atoms with van der Waals surface area (Å²) in [6.07, 6.45) is 7.27. The van der Waals surface area contributed by atoms with E-state index in [1.165, 1.54) is 22.3 Å². The zero-order chi connectivity index (χ0) is 26.4. The van der Waals surface area contributed by atoms with E-state index in [1.54, 1.807) is 22.3 Å². The van der Waals surface area contributed by atoms with Gasteiger partial charge in [-0.25, -0.2) is 0 Å². The maximum absolute atomic E-state index is 3.82. The summed E-state index contributed by atoms with van der Waals surface area (Å²) in [4.78, 5) is 0. The molecule has 4 aromatic rings. The molecule has 0 N–H and O–H groups in total. The van der Waals surface area contributed by atoms with Crippen molar-refractivity contribution in [2.45, 2.75) is 42.6 Å². The first-order valence-corrected chi connectivity index (χ1v) is 34.7. The molecular formula is C36H39HfSi. The molecule has 2 aliphatic carbocycles. The molecule has 38 heavy (non-hydrogen) atoms. The van der Waals surface area contributed by atoms with Gasteiger partial charge >= 0.3 is 232 Å². The Labute approximate surface area is 230 Å². The van der Waals surface area contributed by atoms with Gasteiger partial charge in [-0.1, -0.05) is 0 Å². The van der Waals surface area contributed by atoms with Crippen LogP contribution in [0.25, 0.3) is 12.2 Å². The van der Waals surface area contributed by atoms with E-state index in [0.717, 1.165) is 12.8 Å². The molecule has 4 aromatic carbocycles. The van der Waals surface area contributed by atoms with Crippen molar-refractivity contribution < 1.29 is 17.7 Å². The van der Waals surface area contributed by atoms with E-state index in [-0.39, 0.29) is 0 Å². The number of rotatable bonds is 7. The third-order valence-corrected chi connectivity index (χ3v) is 76.5. The number of hydrogen-bond donors (Lipinski definition) is 0. The number of allylic oxidation sites excluding steroid dienone is 2. The fourth-order valence-electron chi connectivity index (χ4n) is 7.73. The first kappa shape index (κ1) is 25.7. The Morgan fingerprint density at radius 3 is 1.29 bits per heavy atom. The van der Waals surface area contributed by atoms with Gasteiger partial charge in [0.05, 0.1) is 0 Å². The summed E-state index contributed by atoms with van der Waals surface area (Å²) in [5.74, 6) is -1.09. The minimum atomic E-state index is -3.82. The van der Waals surface area contributed by atoms with Crippen LogP contribution in [0.4, 0.5) is 0 Å². The average molecular weight is 678 g/mol. The van der Waals surface area contributed by atoms with Crippen molar-refractivity contribution in [1.82, 2.24) is 0 Å². The van der Waals surface area contributed by atoms with Crippen LogP contribution in [0.3, 0.4) is 0 Å². The topological polar surface area (TPSA) is 0 Å². The predicted octanol–water partition coefficient (Wildman–Crippen LogP) is 9.52. The molecule has 0 nitrogen and oxygen atoms in total. The summed E-state index contributed by atoms with van der Waals surface area (Å²) in [5.41, 5.74) is 12.4. The SMILES string of the molecule is C[SiH](C)[Hf]([CH3])([CH3])([CH]1C(Cc2ccccc2)=Cc2ccccc21)[CH]1C(Cc2ccccc2)=Cc2ccccc21. The zero-order valence-electron chi connectivity index (χ0n) is 23.2. The first-order chi connectivity index (χ1) is 18.4. The summed E-state index contributed by atoms with van der Waals surface area (Å²) >= 11 is -3.82. The second kappa shape index (κ2) is 9.88. The van der Waals surface area contributed by atoms with Crippen LogP contribution in [0.5, 0.6) is 0 Å². The van der Waals surface area contributed by atoms with Gasteiger partial charge in [0.25, 0.3) is 0 Å². The summed E-state index contributed by atoms with van der Waals surface area (Å²) in [7, 11) is 0. The van der Waals surface area contributed by atoms with Gasteiger partial charge in [0.2, 0.25) is 0 Å². The molecule has 2 heteroatoms. The van der Waals surface area contributed by atoms with E-state index in [4.69, 9.17) is 0 Å². The van der Waals surface area contributed by atoms with Crippen LogP contribution in [0.2, 0.25) is 22.5 Å². The number of hydrogen-bond acceptors (Lipinski definition) is 0. The zero-order valence-corrected chi connectivity index (χ0v) is 27.9. The molecular weight excluding hydrogens is 639 g/mol. The van der Waals surface area contributed by atoms with E-state index in [1.807, 2.05) is 0 Å². The van der Waals surface area contributed by atoms with Gasteiger partial charge in [-0.2, -0.15) is 0 Å². The van der Waals surface area contributed by atoms with Gasteiger partial charge in [0, 0.05) is 0 Å². The molecule has 0 bridgehead atoms. The Morgan fingerprint density at radius 1 is 0.526 bits per heavy atom. The molecule has 0 saturated heterocycles. The van der Waals surface area contributed by atoms with Crippen LogP contribution in [-0.2, 0) is 30.5 Å². The van der Waals surface area contributed by atoms with Crippen LogP contribution in [0.15, 0.2) is 120 Å². The third-order valence-electron chi connectivity index (χ3n) is 10.2. The summed E-state index contributed by atoms with van der Waals surface area (Å²) in [5, 5.41) is 0. The fraction of sp³-hybridized carbons (Fsp3) is 0.222. The average Bonchev–Trinajstić information content (AvgIpc) is 3.48.